The summed E-state index contributed by atoms with van der Waals surface area (Å²) in [5, 5.41) is 11.5. The maximum Gasteiger partial charge on any atom is 0.417 e. The Balaban J connectivity index is 1.32. The number of anilines is 2. The number of benzene rings is 3. The molecule has 1 aromatic heterocycles. The topological polar surface area (TPSA) is 120 Å². The van der Waals surface area contributed by atoms with Crippen LogP contribution in [0.4, 0.5) is 24.7 Å². The Bertz CT molecular complexity index is 2330. The maximum atomic E-state index is 15.4. The number of imide groups is 2. The molecule has 4 aromatic rings. The van der Waals surface area contributed by atoms with Crippen LogP contribution in [0.2, 0.25) is 10.0 Å². The number of fused-ring (bicyclic) bond motifs is 4. The molecule has 6 atom stereocenters. The molecule has 4 amide bonds. The Labute approximate surface area is 336 Å². The monoisotopic (exact) mass is 900 g/mol. The zero-order valence-corrected chi connectivity index (χ0v) is 32.7. The lowest BCUT2D eigenvalue weighted by molar-refractivity contribution is -0.139. The number of alkyl halides is 3. The van der Waals surface area contributed by atoms with E-state index in [4.69, 9.17) is 23.2 Å². The van der Waals surface area contributed by atoms with Crippen molar-refractivity contribution >= 4 is 80.9 Å². The number of amides is 4. The van der Waals surface area contributed by atoms with Crippen LogP contribution in [0.15, 0.2) is 84.6 Å². The van der Waals surface area contributed by atoms with E-state index in [0.29, 0.717) is 50.8 Å². The fourth-order valence-corrected chi connectivity index (χ4v) is 9.85. The number of aromatic hydroxyl groups is 1. The van der Waals surface area contributed by atoms with Gasteiger partial charge in [0, 0.05) is 20.7 Å². The van der Waals surface area contributed by atoms with Crippen molar-refractivity contribution in [1.82, 2.24) is 9.99 Å². The quantitative estimate of drug-likeness (QED) is 0.117. The fraction of sp³-hybridized carbons (Fsp3) is 0.275. The lowest BCUT2D eigenvalue weighted by atomic mass is 9.49. The molecule has 4 aliphatic rings. The minimum Gasteiger partial charge on any atom is -0.507 e. The van der Waals surface area contributed by atoms with E-state index in [1.165, 1.54) is 4.90 Å². The molecule has 2 saturated heterocycles. The van der Waals surface area contributed by atoms with Crippen molar-refractivity contribution in [2.75, 3.05) is 10.3 Å². The number of aryl methyl sites for hydroxylation is 2. The third kappa shape index (κ3) is 5.75. The molecule has 1 saturated carbocycles. The van der Waals surface area contributed by atoms with Crippen LogP contribution in [0.5, 0.6) is 5.75 Å². The van der Waals surface area contributed by atoms with Gasteiger partial charge in [-0.05, 0) is 120 Å². The molecule has 2 N–H and O–H groups in total. The van der Waals surface area contributed by atoms with Crippen molar-refractivity contribution in [3.8, 4) is 5.75 Å². The highest BCUT2D eigenvalue weighted by atomic mass is 127. The lowest BCUT2D eigenvalue weighted by Crippen LogP contribution is -2.53. The molecule has 3 heterocycles. The van der Waals surface area contributed by atoms with Gasteiger partial charge in [-0.25, -0.2) is 4.98 Å². The smallest absolute Gasteiger partial charge is 0.417 e. The molecule has 0 bridgehead atoms. The van der Waals surface area contributed by atoms with E-state index in [0.717, 1.165) is 8.58 Å². The first kappa shape index (κ1) is 37.5. The predicted molar refractivity (Wildman–Crippen MR) is 206 cm³/mol. The number of carbonyl (C=O) groups excluding carboxylic acids is 4. The molecule has 0 unspecified atom stereocenters. The SMILES string of the molecule is Cc1cc([C@H]2C3=CC[C@@H]4C(=O)N(c5ccc(I)cc5)C(=O)[C@@H]4[C@@H]3C[C@H]3C(=O)N(Nc4ncc(C(F)(F)F)cc4Cl)C(=O)[C@@]23c2ccc(Cl)cc2)cc(C)c1O. The number of phenols is 1. The minimum atomic E-state index is -4.74. The largest absolute Gasteiger partial charge is 0.507 e. The van der Waals surface area contributed by atoms with Crippen LogP contribution < -0.4 is 10.3 Å². The zero-order chi connectivity index (χ0) is 39.3. The number of carbonyl (C=O) groups is 4. The van der Waals surface area contributed by atoms with Crippen LogP contribution >= 0.6 is 45.8 Å². The Morgan fingerprint density at radius 3 is 2.18 bits per heavy atom. The Kier molecular flexibility index (Phi) is 9.08. The number of halogens is 6. The molecule has 2 aliphatic carbocycles. The van der Waals surface area contributed by atoms with Gasteiger partial charge in [-0.3, -0.25) is 29.5 Å². The van der Waals surface area contributed by atoms with Gasteiger partial charge in [-0.2, -0.15) is 18.2 Å². The summed E-state index contributed by atoms with van der Waals surface area (Å²) in [5.74, 6) is -6.82. The highest BCUT2D eigenvalue weighted by Crippen LogP contribution is 2.64. The number of hydrogen-bond donors (Lipinski definition) is 2. The number of aromatic nitrogens is 1. The lowest BCUT2D eigenvalue weighted by Gasteiger charge is -2.50. The normalized spacial score (nSPS) is 26.2. The summed E-state index contributed by atoms with van der Waals surface area (Å²) in [5.41, 5.74) is 2.99. The summed E-state index contributed by atoms with van der Waals surface area (Å²) >= 11 is 14.8. The van der Waals surface area contributed by atoms with Crippen molar-refractivity contribution in [2.45, 2.75) is 44.2 Å². The third-order valence-corrected chi connectivity index (χ3v) is 12.7. The van der Waals surface area contributed by atoms with Crippen molar-refractivity contribution in [1.29, 1.82) is 0 Å². The fourth-order valence-electron chi connectivity index (χ4n) is 9.16. The van der Waals surface area contributed by atoms with E-state index in [1.807, 2.05) is 6.08 Å². The first-order valence-corrected chi connectivity index (χ1v) is 19.1. The molecular weight excluding hydrogens is 871 g/mol. The Morgan fingerprint density at radius 2 is 1.56 bits per heavy atom. The average Bonchev–Trinajstić information content (AvgIpc) is 3.52. The summed E-state index contributed by atoms with van der Waals surface area (Å²) in [6.45, 7) is 3.44. The highest BCUT2D eigenvalue weighted by molar-refractivity contribution is 14.1. The van der Waals surface area contributed by atoms with Crippen molar-refractivity contribution in [3.63, 3.8) is 0 Å². The summed E-state index contributed by atoms with van der Waals surface area (Å²) in [7, 11) is 0. The van der Waals surface area contributed by atoms with Gasteiger partial charge in [0.2, 0.25) is 11.8 Å². The van der Waals surface area contributed by atoms with Crippen LogP contribution in [-0.4, -0.2) is 38.7 Å². The van der Waals surface area contributed by atoms with Gasteiger partial charge in [-0.15, -0.1) is 0 Å². The number of rotatable bonds is 5. The summed E-state index contributed by atoms with van der Waals surface area (Å²) in [6, 6.07) is 17.7. The molecule has 15 heteroatoms. The molecule has 0 radical (unpaired) electrons. The Hall–Kier alpha value is -4.47. The third-order valence-electron chi connectivity index (χ3n) is 11.5. The zero-order valence-electron chi connectivity index (χ0n) is 29.0. The second-order valence-electron chi connectivity index (χ2n) is 14.4. The molecule has 2 aliphatic heterocycles. The van der Waals surface area contributed by atoms with Crippen LogP contribution in [-0.2, 0) is 30.8 Å². The van der Waals surface area contributed by atoms with Gasteiger partial charge in [-0.1, -0.05) is 59.1 Å². The van der Waals surface area contributed by atoms with Crippen molar-refractivity contribution in [3.05, 3.63) is 126 Å². The van der Waals surface area contributed by atoms with Crippen LogP contribution in [0.1, 0.15) is 46.6 Å². The van der Waals surface area contributed by atoms with Crippen molar-refractivity contribution in [2.24, 2.45) is 23.7 Å². The standard InChI is InChI=1S/C40H30Cl2F3IN4O5/c1-18-13-20(14-19(2)33(18)51)32-26-11-12-27-31(37(54)49(35(27)52)25-9-7-24(46)8-10-25)28(26)16-29-36(53)50(38(55)39(29,32)21-3-5-23(41)6-4-21)48-34-30(42)15-22(17-47-34)40(43,44)45/h3-11,13-15,17,27-29,31-32,51H,12,16H2,1-2H3,(H,47,48)/t27-,28+,29-,31-,32-,39+/m0/s1. The maximum absolute atomic E-state index is 15.4. The van der Waals surface area contributed by atoms with E-state index in [1.54, 1.807) is 74.5 Å². The average molecular weight is 902 g/mol. The van der Waals surface area contributed by atoms with Gasteiger partial charge >= 0.3 is 6.18 Å². The van der Waals surface area contributed by atoms with Crippen LogP contribution in [0, 0.1) is 41.1 Å². The molecular formula is C40H30Cl2F3IN4O5. The summed E-state index contributed by atoms with van der Waals surface area (Å²) in [4.78, 5) is 63.8. The highest BCUT2D eigenvalue weighted by Gasteiger charge is 2.70. The van der Waals surface area contributed by atoms with Crippen LogP contribution in [0.3, 0.4) is 0 Å². The van der Waals surface area contributed by atoms with Crippen molar-refractivity contribution < 1.29 is 37.5 Å². The number of allylic oxidation sites excluding steroid dienone is 2. The Morgan fingerprint density at radius 1 is 0.909 bits per heavy atom. The predicted octanol–water partition coefficient (Wildman–Crippen LogP) is 8.52. The minimum absolute atomic E-state index is 0.0152. The van der Waals surface area contributed by atoms with E-state index in [-0.39, 0.29) is 30.3 Å². The molecule has 3 fully saturated rings. The second kappa shape index (κ2) is 13.3. The van der Waals surface area contributed by atoms with E-state index in [9.17, 15) is 32.7 Å². The van der Waals surface area contributed by atoms with Gasteiger partial charge in [0.05, 0.1) is 39.4 Å². The molecule has 0 spiro atoms. The number of hydrogen-bond acceptors (Lipinski definition) is 7. The molecule has 9 nitrogen and oxygen atoms in total. The number of pyridine rings is 1. The van der Waals surface area contributed by atoms with E-state index in [2.05, 4.69) is 33.0 Å². The molecule has 55 heavy (non-hydrogen) atoms. The first-order chi connectivity index (χ1) is 26.0. The number of hydrazine groups is 1. The van der Waals surface area contributed by atoms with Gasteiger partial charge in [0.25, 0.3) is 11.8 Å². The molecule has 3 aromatic carbocycles. The number of nitrogens with one attached hydrogen (secondary N) is 1. The van der Waals surface area contributed by atoms with E-state index < -0.39 is 69.5 Å². The molecule has 8 rings (SSSR count). The second-order valence-corrected chi connectivity index (χ2v) is 16.5. The summed E-state index contributed by atoms with van der Waals surface area (Å²) in [6.07, 6.45) is -2.10. The van der Waals surface area contributed by atoms with Gasteiger partial charge < -0.3 is 5.11 Å². The summed E-state index contributed by atoms with van der Waals surface area (Å²) < 4.78 is 41.4. The van der Waals surface area contributed by atoms with Crippen LogP contribution in [0.25, 0.3) is 0 Å². The number of nitrogens with zero attached hydrogens (tertiary/aromatic N) is 3. The van der Waals surface area contributed by atoms with Gasteiger partial charge in [0.15, 0.2) is 5.82 Å². The number of phenolic OH excluding ortho intramolecular Hbond substituents is 1. The van der Waals surface area contributed by atoms with E-state index >= 15 is 4.79 Å². The first-order valence-electron chi connectivity index (χ1n) is 17.3. The van der Waals surface area contributed by atoms with Gasteiger partial charge in [0.1, 0.15) is 5.75 Å². The molecule has 282 valence electrons.